The molecule has 0 aliphatic rings. The molecule has 3 rings (SSSR count). The predicted octanol–water partition coefficient (Wildman–Crippen LogP) is 3.17. The maximum atomic E-state index is 11.6. The molecule has 0 fully saturated rings. The molecule has 1 heterocycles. The number of rotatable bonds is 5. The molecule has 9 heteroatoms. The van der Waals surface area contributed by atoms with Crippen LogP contribution in [0, 0.1) is 0 Å². The molecule has 1 atom stereocenters. The summed E-state index contributed by atoms with van der Waals surface area (Å²) in [5.41, 5.74) is 1.69. The van der Waals surface area contributed by atoms with Gasteiger partial charge in [0.1, 0.15) is 0 Å². The van der Waals surface area contributed by atoms with Gasteiger partial charge in [0, 0.05) is 22.9 Å². The quantitative estimate of drug-likeness (QED) is 0.672. The number of carbonyl (C=O) groups excluding carboxylic acids is 1. The molecule has 0 aliphatic carbocycles. The molecule has 0 amide bonds. The smallest absolute Gasteiger partial charge is 0.304 e. The summed E-state index contributed by atoms with van der Waals surface area (Å²) in [4.78, 5) is 11.6. The molecule has 0 saturated heterocycles. The summed E-state index contributed by atoms with van der Waals surface area (Å²) in [5.74, 6) is -0.473. The Hall–Kier alpha value is -2.58. The van der Waals surface area contributed by atoms with Crippen molar-refractivity contribution in [2.24, 2.45) is 0 Å². The Morgan fingerprint density at radius 2 is 1.92 bits per heavy atom. The fraction of sp³-hybridized carbons (Fsp3) is 0.176. The Labute approximate surface area is 155 Å². The van der Waals surface area contributed by atoms with Crippen LogP contribution < -0.4 is 4.72 Å². The Bertz CT molecular complexity index is 1060. The van der Waals surface area contributed by atoms with Crippen molar-refractivity contribution in [1.82, 2.24) is 9.78 Å². The highest BCUT2D eigenvalue weighted by atomic mass is 35.5. The molecule has 136 valence electrons. The number of hydrogen-bond donors (Lipinski definition) is 1. The zero-order chi connectivity index (χ0) is 18.9. The lowest BCUT2D eigenvalue weighted by molar-refractivity contribution is -0.148. The van der Waals surface area contributed by atoms with E-state index in [9.17, 15) is 13.2 Å². The van der Waals surface area contributed by atoms with Crippen LogP contribution in [-0.2, 0) is 19.6 Å². The van der Waals surface area contributed by atoms with Crippen molar-refractivity contribution in [1.29, 1.82) is 0 Å². The molecule has 0 bridgehead atoms. The van der Waals surface area contributed by atoms with Crippen LogP contribution in [0.1, 0.15) is 18.7 Å². The van der Waals surface area contributed by atoms with Gasteiger partial charge in [-0.05, 0) is 24.3 Å². The number of aromatic nitrogens is 2. The number of ether oxygens (including phenoxy) is 1. The first-order chi connectivity index (χ1) is 12.2. The van der Waals surface area contributed by atoms with E-state index < -0.39 is 22.2 Å². The fourth-order valence-corrected chi connectivity index (χ4v) is 3.29. The summed E-state index contributed by atoms with van der Waals surface area (Å²) in [6.45, 7) is 1.31. The molecule has 1 unspecified atom stereocenters. The second-order valence-electron chi connectivity index (χ2n) is 5.72. The number of nitrogens with one attached hydrogen (secondary N) is 1. The Balaban J connectivity index is 2.12. The minimum absolute atomic E-state index is 0.397. The molecule has 26 heavy (non-hydrogen) atoms. The second-order valence-corrected chi connectivity index (χ2v) is 7.90. The molecule has 1 N–H and O–H groups in total. The lowest BCUT2D eigenvalue weighted by Gasteiger charge is -2.19. The van der Waals surface area contributed by atoms with Gasteiger partial charge in [-0.25, -0.2) is 13.1 Å². The number of carbonyl (C=O) groups is 1. The van der Waals surface area contributed by atoms with Crippen LogP contribution in [0.25, 0.3) is 10.9 Å². The summed E-state index contributed by atoms with van der Waals surface area (Å²) in [7, 11) is -3.44. The average molecular weight is 394 g/mol. The van der Waals surface area contributed by atoms with Crippen molar-refractivity contribution in [3.05, 3.63) is 59.2 Å². The van der Waals surface area contributed by atoms with E-state index in [1.807, 2.05) is 0 Å². The topological polar surface area (TPSA) is 90.3 Å². The van der Waals surface area contributed by atoms with Crippen molar-refractivity contribution >= 4 is 44.2 Å². The molecule has 0 radical (unpaired) electrons. The monoisotopic (exact) mass is 393 g/mol. The first-order valence-corrected chi connectivity index (χ1v) is 9.88. The third kappa shape index (κ3) is 3.97. The maximum absolute atomic E-state index is 11.6. The number of nitrogens with zero attached hydrogens (tertiary/aromatic N) is 2. The number of halogens is 1. The van der Waals surface area contributed by atoms with E-state index in [2.05, 4.69) is 9.82 Å². The van der Waals surface area contributed by atoms with Crippen LogP contribution in [0.5, 0.6) is 0 Å². The molecule has 0 aliphatic heterocycles. The summed E-state index contributed by atoms with van der Waals surface area (Å²) < 4.78 is 32.6. The average Bonchev–Trinajstić information content (AvgIpc) is 2.97. The van der Waals surface area contributed by atoms with Gasteiger partial charge in [0.05, 0.1) is 23.7 Å². The molecular formula is C17H16ClN3O4S. The van der Waals surface area contributed by atoms with Gasteiger partial charge in [-0.1, -0.05) is 29.8 Å². The minimum Gasteiger partial charge on any atom is -0.435 e. The molecule has 3 aromatic rings. The summed E-state index contributed by atoms with van der Waals surface area (Å²) in [6.07, 6.45) is 1.79. The normalized spacial score (nSPS) is 12.7. The van der Waals surface area contributed by atoms with Crippen LogP contribution in [0.2, 0.25) is 5.02 Å². The van der Waals surface area contributed by atoms with E-state index in [1.165, 1.54) is 17.8 Å². The van der Waals surface area contributed by atoms with Gasteiger partial charge in [0.2, 0.25) is 16.3 Å². The highest BCUT2D eigenvalue weighted by molar-refractivity contribution is 7.92. The maximum Gasteiger partial charge on any atom is 0.304 e. The van der Waals surface area contributed by atoms with Gasteiger partial charge < -0.3 is 4.74 Å². The molecule has 0 spiro atoms. The van der Waals surface area contributed by atoms with Crippen LogP contribution in [0.3, 0.4) is 0 Å². The van der Waals surface area contributed by atoms with Gasteiger partial charge in [0.25, 0.3) is 0 Å². The Morgan fingerprint density at radius 3 is 2.54 bits per heavy atom. The molecule has 2 aromatic carbocycles. The van der Waals surface area contributed by atoms with E-state index in [0.29, 0.717) is 27.2 Å². The van der Waals surface area contributed by atoms with Crippen LogP contribution in [0.15, 0.2) is 48.7 Å². The number of fused-ring (bicyclic) bond motifs is 1. The Morgan fingerprint density at radius 1 is 1.23 bits per heavy atom. The first-order valence-electron chi connectivity index (χ1n) is 7.61. The lowest BCUT2D eigenvalue weighted by atomic mass is 10.2. The van der Waals surface area contributed by atoms with Crippen molar-refractivity contribution in [3.63, 3.8) is 0 Å². The van der Waals surface area contributed by atoms with Gasteiger partial charge in [0.15, 0.2) is 0 Å². The predicted molar refractivity (Wildman–Crippen MR) is 99.6 cm³/mol. The van der Waals surface area contributed by atoms with E-state index in [1.54, 1.807) is 42.5 Å². The number of hydrogen-bond acceptors (Lipinski definition) is 5. The summed E-state index contributed by atoms with van der Waals surface area (Å²) >= 11 is 5.93. The number of benzene rings is 2. The highest BCUT2D eigenvalue weighted by Crippen LogP contribution is 2.29. The van der Waals surface area contributed by atoms with Crippen molar-refractivity contribution < 1.29 is 17.9 Å². The molecular weight excluding hydrogens is 378 g/mol. The molecule has 0 saturated carbocycles. The third-order valence-electron chi connectivity index (χ3n) is 3.59. The van der Waals surface area contributed by atoms with E-state index in [0.717, 1.165) is 6.26 Å². The minimum atomic E-state index is -3.44. The fourth-order valence-electron chi connectivity index (χ4n) is 2.59. The van der Waals surface area contributed by atoms with Crippen molar-refractivity contribution in [2.75, 3.05) is 11.0 Å². The summed E-state index contributed by atoms with van der Waals surface area (Å²) in [6, 6.07) is 12.0. The highest BCUT2D eigenvalue weighted by Gasteiger charge is 2.21. The van der Waals surface area contributed by atoms with Gasteiger partial charge >= 0.3 is 5.97 Å². The van der Waals surface area contributed by atoms with E-state index in [-0.39, 0.29) is 0 Å². The SMILES string of the molecule is CC(=O)OC(c1ccc(Cl)cc1)n1ncc2c(NS(C)(=O)=O)cccc21. The lowest BCUT2D eigenvalue weighted by Crippen LogP contribution is -2.18. The van der Waals surface area contributed by atoms with Gasteiger partial charge in [-0.3, -0.25) is 9.52 Å². The largest absolute Gasteiger partial charge is 0.435 e. The Kier molecular flexibility index (Phi) is 4.88. The number of anilines is 1. The van der Waals surface area contributed by atoms with Crippen molar-refractivity contribution in [2.45, 2.75) is 13.2 Å². The molecule has 1 aromatic heterocycles. The molecule has 7 nitrogen and oxygen atoms in total. The van der Waals surface area contributed by atoms with Gasteiger partial charge in [-0.2, -0.15) is 5.10 Å². The van der Waals surface area contributed by atoms with Crippen molar-refractivity contribution in [3.8, 4) is 0 Å². The number of esters is 1. The third-order valence-corrected chi connectivity index (χ3v) is 4.43. The van der Waals surface area contributed by atoms with Crippen LogP contribution in [0.4, 0.5) is 5.69 Å². The first kappa shape index (κ1) is 18.2. The zero-order valence-electron chi connectivity index (χ0n) is 14.0. The van der Waals surface area contributed by atoms with E-state index in [4.69, 9.17) is 16.3 Å². The standard InChI is InChI=1S/C17H16ClN3O4S/c1-11(22)25-17(12-6-8-13(18)9-7-12)21-16-5-3-4-15(14(16)10-19-21)20-26(2,23)24/h3-10,17,20H,1-2H3. The van der Waals surface area contributed by atoms with Crippen LogP contribution in [-0.4, -0.2) is 30.4 Å². The zero-order valence-corrected chi connectivity index (χ0v) is 15.6. The van der Waals surface area contributed by atoms with Gasteiger partial charge in [-0.15, -0.1) is 0 Å². The van der Waals surface area contributed by atoms with E-state index >= 15 is 0 Å². The van der Waals surface area contributed by atoms with Crippen LogP contribution >= 0.6 is 11.6 Å². The number of sulfonamides is 1. The second kappa shape index (κ2) is 6.97. The summed E-state index contributed by atoms with van der Waals surface area (Å²) in [5, 5.41) is 5.45.